The first-order chi connectivity index (χ1) is 8.54. The topological polar surface area (TPSA) is 66.6 Å². The third kappa shape index (κ3) is 4.35. The zero-order valence-electron chi connectivity index (χ0n) is 11.2. The molecule has 1 aliphatic heterocycles. The van der Waals surface area contributed by atoms with Crippen molar-refractivity contribution in [2.24, 2.45) is 11.7 Å². The second-order valence-electron chi connectivity index (χ2n) is 5.65. The highest BCUT2D eigenvalue weighted by Crippen LogP contribution is 2.34. The van der Waals surface area contributed by atoms with Gasteiger partial charge in [0.1, 0.15) is 5.54 Å². The van der Waals surface area contributed by atoms with Crippen molar-refractivity contribution in [1.82, 2.24) is 4.90 Å². The maximum absolute atomic E-state index is 12.7. The van der Waals surface area contributed by atoms with E-state index in [4.69, 9.17) is 10.8 Å². The molecule has 4 nitrogen and oxygen atoms in total. The number of carboxylic acid groups (broad SMARTS) is 1. The minimum absolute atomic E-state index is 0.0691. The van der Waals surface area contributed by atoms with Crippen molar-refractivity contribution in [3.8, 4) is 0 Å². The first-order valence-corrected chi connectivity index (χ1v) is 6.37. The fourth-order valence-corrected chi connectivity index (χ4v) is 2.50. The summed E-state index contributed by atoms with van der Waals surface area (Å²) in [6.45, 7) is 3.60. The summed E-state index contributed by atoms with van der Waals surface area (Å²) in [5.74, 6) is -2.46. The summed E-state index contributed by atoms with van der Waals surface area (Å²) in [7, 11) is 0. The van der Waals surface area contributed by atoms with E-state index in [0.717, 1.165) is 0 Å². The smallest absolute Gasteiger partial charge is 0.393 e. The maximum atomic E-state index is 12.7. The lowest BCUT2D eigenvalue weighted by Gasteiger charge is -2.39. The van der Waals surface area contributed by atoms with E-state index in [0.29, 0.717) is 13.0 Å². The zero-order valence-corrected chi connectivity index (χ0v) is 11.2. The third-order valence-electron chi connectivity index (χ3n) is 3.75. The minimum Gasteiger partial charge on any atom is -0.480 e. The molecule has 3 N–H and O–H groups in total. The second-order valence-corrected chi connectivity index (χ2v) is 5.65. The predicted octanol–water partition coefficient (Wildman–Crippen LogP) is 1.84. The predicted molar refractivity (Wildman–Crippen MR) is 64.7 cm³/mol. The molecule has 0 saturated carbocycles. The average molecular weight is 282 g/mol. The summed E-state index contributed by atoms with van der Waals surface area (Å²) in [6, 6.07) is -0.281. The standard InChI is InChI=1S/C12H21F3N2O2/c1-8(6-11(2,16)10(18)19)17-5-3-4-9(7-17)12(13,14)15/h8-9H,3-7,16H2,1-2H3,(H,18,19). The molecule has 3 unspecified atom stereocenters. The number of nitrogens with zero attached hydrogens (tertiary/aromatic N) is 1. The molecule has 3 atom stereocenters. The molecule has 1 aliphatic rings. The molecule has 0 aromatic carbocycles. The molecular formula is C12H21F3N2O2. The fraction of sp³-hybridized carbons (Fsp3) is 0.917. The Labute approximate surface area is 110 Å². The molecule has 1 rings (SSSR count). The van der Waals surface area contributed by atoms with Crippen molar-refractivity contribution >= 4 is 5.97 Å². The van der Waals surface area contributed by atoms with E-state index in [2.05, 4.69) is 0 Å². The number of alkyl halides is 3. The third-order valence-corrected chi connectivity index (χ3v) is 3.75. The number of halogens is 3. The van der Waals surface area contributed by atoms with Crippen molar-refractivity contribution in [2.75, 3.05) is 13.1 Å². The van der Waals surface area contributed by atoms with Gasteiger partial charge in [-0.3, -0.25) is 9.69 Å². The number of likely N-dealkylation sites (tertiary alicyclic amines) is 1. The SMILES string of the molecule is CC(CC(C)(N)C(=O)O)N1CCCC(C(F)(F)F)C1. The van der Waals surface area contributed by atoms with E-state index >= 15 is 0 Å². The van der Waals surface area contributed by atoms with E-state index in [1.54, 1.807) is 11.8 Å². The summed E-state index contributed by atoms with van der Waals surface area (Å²) in [6.07, 6.45) is -3.43. The first-order valence-electron chi connectivity index (χ1n) is 6.37. The van der Waals surface area contributed by atoms with Crippen LogP contribution in [0.15, 0.2) is 0 Å². The molecule has 19 heavy (non-hydrogen) atoms. The maximum Gasteiger partial charge on any atom is 0.393 e. The Bertz CT molecular complexity index is 331. The van der Waals surface area contributed by atoms with Crippen molar-refractivity contribution in [1.29, 1.82) is 0 Å². The Morgan fingerprint density at radius 1 is 1.53 bits per heavy atom. The van der Waals surface area contributed by atoms with Crippen LogP contribution in [0.2, 0.25) is 0 Å². The lowest BCUT2D eigenvalue weighted by Crippen LogP contribution is -2.52. The van der Waals surface area contributed by atoms with Gasteiger partial charge in [0.2, 0.25) is 0 Å². The van der Waals surface area contributed by atoms with Crippen LogP contribution in [-0.4, -0.2) is 46.8 Å². The van der Waals surface area contributed by atoms with Gasteiger partial charge in [0.05, 0.1) is 5.92 Å². The summed E-state index contributed by atoms with van der Waals surface area (Å²) in [5.41, 5.74) is 4.23. The lowest BCUT2D eigenvalue weighted by atomic mass is 9.91. The number of aliphatic carboxylic acids is 1. The molecule has 0 aromatic rings. The molecular weight excluding hydrogens is 261 g/mol. The molecule has 1 heterocycles. The first kappa shape index (κ1) is 16.2. The molecule has 0 aliphatic carbocycles. The van der Waals surface area contributed by atoms with E-state index in [9.17, 15) is 18.0 Å². The van der Waals surface area contributed by atoms with Crippen LogP contribution in [-0.2, 0) is 4.79 Å². The van der Waals surface area contributed by atoms with E-state index in [1.165, 1.54) is 6.92 Å². The Kier molecular flexibility index (Phi) is 4.84. The summed E-state index contributed by atoms with van der Waals surface area (Å²) >= 11 is 0. The van der Waals surface area contributed by atoms with Crippen molar-refractivity contribution in [3.63, 3.8) is 0 Å². The highest BCUT2D eigenvalue weighted by Gasteiger charge is 2.43. The second kappa shape index (κ2) is 5.66. The van der Waals surface area contributed by atoms with Crippen LogP contribution >= 0.6 is 0 Å². The van der Waals surface area contributed by atoms with Gasteiger partial charge >= 0.3 is 12.1 Å². The molecule has 0 amide bonds. The highest BCUT2D eigenvalue weighted by molar-refractivity contribution is 5.77. The molecule has 1 fully saturated rings. The van der Waals surface area contributed by atoms with Crippen LogP contribution in [0, 0.1) is 5.92 Å². The van der Waals surface area contributed by atoms with Crippen LogP contribution in [0.5, 0.6) is 0 Å². The molecule has 0 spiro atoms. The van der Waals surface area contributed by atoms with Gasteiger partial charge in [-0.05, 0) is 39.7 Å². The largest absolute Gasteiger partial charge is 0.480 e. The van der Waals surface area contributed by atoms with Gasteiger partial charge < -0.3 is 10.8 Å². The molecule has 0 bridgehead atoms. The number of nitrogens with two attached hydrogens (primary N) is 1. The Hall–Kier alpha value is -0.820. The molecule has 0 aromatic heterocycles. The molecule has 1 saturated heterocycles. The van der Waals surface area contributed by atoms with Crippen molar-refractivity contribution in [2.45, 2.75) is 50.9 Å². The molecule has 0 radical (unpaired) electrons. The monoisotopic (exact) mass is 282 g/mol. The van der Waals surface area contributed by atoms with Crippen LogP contribution in [0.25, 0.3) is 0 Å². The number of carbonyl (C=O) groups is 1. The van der Waals surface area contributed by atoms with Gasteiger partial charge in [0.25, 0.3) is 0 Å². The van der Waals surface area contributed by atoms with Crippen molar-refractivity contribution in [3.05, 3.63) is 0 Å². The zero-order chi connectivity index (χ0) is 14.8. The fourth-order valence-electron chi connectivity index (χ4n) is 2.50. The van der Waals surface area contributed by atoms with Gasteiger partial charge in [-0.15, -0.1) is 0 Å². The van der Waals surface area contributed by atoms with Gasteiger partial charge in [0, 0.05) is 12.6 Å². The summed E-state index contributed by atoms with van der Waals surface area (Å²) < 4.78 is 38.1. The number of hydrogen-bond acceptors (Lipinski definition) is 3. The lowest BCUT2D eigenvalue weighted by molar-refractivity contribution is -0.188. The summed E-state index contributed by atoms with van der Waals surface area (Å²) in [5, 5.41) is 8.95. The minimum atomic E-state index is -4.18. The van der Waals surface area contributed by atoms with Gasteiger partial charge in [-0.25, -0.2) is 0 Å². The van der Waals surface area contributed by atoms with Crippen LogP contribution in [0.1, 0.15) is 33.1 Å². The Balaban J connectivity index is 2.62. The van der Waals surface area contributed by atoms with Crippen molar-refractivity contribution < 1.29 is 23.1 Å². The quantitative estimate of drug-likeness (QED) is 0.825. The average Bonchev–Trinajstić information content (AvgIpc) is 2.27. The normalized spacial score (nSPS) is 26.7. The number of carboxylic acids is 1. The number of hydrogen-bond donors (Lipinski definition) is 2. The number of piperidine rings is 1. The van der Waals surface area contributed by atoms with Crippen LogP contribution in [0.3, 0.4) is 0 Å². The van der Waals surface area contributed by atoms with E-state index < -0.39 is 23.6 Å². The molecule has 7 heteroatoms. The van der Waals surface area contributed by atoms with Crippen LogP contribution < -0.4 is 5.73 Å². The number of rotatable bonds is 4. The van der Waals surface area contributed by atoms with Gasteiger partial charge in [0.15, 0.2) is 0 Å². The Morgan fingerprint density at radius 3 is 2.58 bits per heavy atom. The van der Waals surface area contributed by atoms with Gasteiger partial charge in [-0.2, -0.15) is 13.2 Å². The van der Waals surface area contributed by atoms with Crippen LogP contribution in [0.4, 0.5) is 13.2 Å². The van der Waals surface area contributed by atoms with E-state index in [1.807, 2.05) is 0 Å². The molecule has 112 valence electrons. The van der Waals surface area contributed by atoms with Gasteiger partial charge in [-0.1, -0.05) is 0 Å². The van der Waals surface area contributed by atoms with E-state index in [-0.39, 0.29) is 25.4 Å². The highest BCUT2D eigenvalue weighted by atomic mass is 19.4. The summed E-state index contributed by atoms with van der Waals surface area (Å²) in [4.78, 5) is 12.6. The Morgan fingerprint density at radius 2 is 2.11 bits per heavy atom.